The van der Waals surface area contributed by atoms with Gasteiger partial charge in [-0.05, 0) is 25.1 Å². The van der Waals surface area contributed by atoms with Gasteiger partial charge in [0.1, 0.15) is 0 Å². The van der Waals surface area contributed by atoms with E-state index in [1.54, 1.807) is 19.1 Å². The number of aromatic amines is 1. The van der Waals surface area contributed by atoms with Gasteiger partial charge in [-0.3, -0.25) is 4.79 Å². The third-order valence-corrected chi connectivity index (χ3v) is 3.46. The molecule has 0 fully saturated rings. The van der Waals surface area contributed by atoms with Crippen molar-refractivity contribution in [2.75, 3.05) is 13.2 Å². The largest absolute Gasteiger partial charge is 0.460 e. The number of hydrogen-bond donors (Lipinski definition) is 1. The minimum absolute atomic E-state index is 0.195. The van der Waals surface area contributed by atoms with Gasteiger partial charge in [0.05, 0.1) is 19.8 Å². The molecule has 1 aliphatic heterocycles. The van der Waals surface area contributed by atoms with Crippen molar-refractivity contribution in [1.82, 2.24) is 4.98 Å². The monoisotopic (exact) mass is 273 g/mol. The zero-order chi connectivity index (χ0) is 14.1. The first kappa shape index (κ1) is 12.9. The standard InChI is InChI=1S/C15H15NO4/c1-2-20-15(18)14(17)9-3-4-12-10(7-9)11-8-19-6-5-13(11)16-12/h3-4,7,16H,2,5-6,8H2,1H3. The molecule has 0 bridgehead atoms. The van der Waals surface area contributed by atoms with Gasteiger partial charge in [0, 0.05) is 34.1 Å². The highest BCUT2D eigenvalue weighted by Gasteiger charge is 2.20. The molecule has 1 aromatic carbocycles. The van der Waals surface area contributed by atoms with E-state index in [-0.39, 0.29) is 6.61 Å². The molecule has 0 spiro atoms. The average Bonchev–Trinajstić information content (AvgIpc) is 2.84. The molecule has 5 nitrogen and oxygen atoms in total. The lowest BCUT2D eigenvalue weighted by atomic mass is 10.0. The van der Waals surface area contributed by atoms with Crippen LogP contribution in [0.15, 0.2) is 18.2 Å². The number of carbonyl (C=O) groups excluding carboxylic acids is 2. The predicted octanol–water partition coefficient (Wildman–Crippen LogP) is 1.99. The summed E-state index contributed by atoms with van der Waals surface area (Å²) >= 11 is 0. The zero-order valence-corrected chi connectivity index (χ0v) is 11.2. The second-order valence-corrected chi connectivity index (χ2v) is 4.69. The van der Waals surface area contributed by atoms with Crippen molar-refractivity contribution in [2.45, 2.75) is 20.0 Å². The minimum Gasteiger partial charge on any atom is -0.460 e. The Morgan fingerprint density at radius 2 is 2.25 bits per heavy atom. The smallest absolute Gasteiger partial charge is 0.379 e. The topological polar surface area (TPSA) is 68.4 Å². The maximum atomic E-state index is 12.0. The van der Waals surface area contributed by atoms with Crippen LogP contribution in [0.4, 0.5) is 0 Å². The molecule has 2 heterocycles. The number of aromatic nitrogens is 1. The van der Waals surface area contributed by atoms with Crippen LogP contribution in [-0.2, 0) is 27.3 Å². The molecule has 0 atom stereocenters. The van der Waals surface area contributed by atoms with Gasteiger partial charge >= 0.3 is 5.97 Å². The Hall–Kier alpha value is -2.14. The lowest BCUT2D eigenvalue weighted by Crippen LogP contribution is -2.17. The van der Waals surface area contributed by atoms with Gasteiger partial charge in [0.15, 0.2) is 0 Å². The lowest BCUT2D eigenvalue weighted by Gasteiger charge is -2.11. The number of rotatable bonds is 3. The Morgan fingerprint density at radius 1 is 1.40 bits per heavy atom. The number of ketones is 1. The third kappa shape index (κ3) is 2.10. The summed E-state index contributed by atoms with van der Waals surface area (Å²) in [4.78, 5) is 26.8. The second-order valence-electron chi connectivity index (χ2n) is 4.69. The van der Waals surface area contributed by atoms with Crippen LogP contribution in [0.3, 0.4) is 0 Å². The number of Topliss-reactive ketones (excluding diaryl/α,β-unsaturated/α-hetero) is 1. The van der Waals surface area contributed by atoms with E-state index in [4.69, 9.17) is 9.47 Å². The van der Waals surface area contributed by atoms with Gasteiger partial charge in [0.2, 0.25) is 0 Å². The van der Waals surface area contributed by atoms with Crippen LogP contribution in [0.1, 0.15) is 28.5 Å². The van der Waals surface area contributed by atoms with Crippen LogP contribution in [0.2, 0.25) is 0 Å². The van der Waals surface area contributed by atoms with Crippen LogP contribution in [-0.4, -0.2) is 30.0 Å². The number of nitrogens with one attached hydrogen (secondary N) is 1. The fourth-order valence-electron chi connectivity index (χ4n) is 2.49. The molecule has 1 N–H and O–H groups in total. The maximum Gasteiger partial charge on any atom is 0.379 e. The van der Waals surface area contributed by atoms with E-state index in [1.165, 1.54) is 0 Å². The van der Waals surface area contributed by atoms with Gasteiger partial charge < -0.3 is 14.5 Å². The summed E-state index contributed by atoms with van der Waals surface area (Å²) in [6.45, 7) is 3.11. The lowest BCUT2D eigenvalue weighted by molar-refractivity contribution is -0.137. The maximum absolute atomic E-state index is 12.0. The molecule has 0 amide bonds. The first-order valence-corrected chi connectivity index (χ1v) is 6.63. The molecular weight excluding hydrogens is 258 g/mol. The van der Waals surface area contributed by atoms with Crippen molar-refractivity contribution in [1.29, 1.82) is 0 Å². The predicted molar refractivity (Wildman–Crippen MR) is 72.6 cm³/mol. The van der Waals surface area contributed by atoms with Crippen LogP contribution >= 0.6 is 0 Å². The van der Waals surface area contributed by atoms with E-state index in [0.717, 1.165) is 28.6 Å². The van der Waals surface area contributed by atoms with Crippen LogP contribution < -0.4 is 0 Å². The highest BCUT2D eigenvalue weighted by molar-refractivity contribution is 6.40. The summed E-state index contributed by atoms with van der Waals surface area (Å²) in [5.74, 6) is -1.42. The van der Waals surface area contributed by atoms with E-state index in [1.807, 2.05) is 6.07 Å². The van der Waals surface area contributed by atoms with Gasteiger partial charge in [0.25, 0.3) is 5.78 Å². The first-order valence-electron chi connectivity index (χ1n) is 6.63. The summed E-state index contributed by atoms with van der Waals surface area (Å²) in [6, 6.07) is 5.20. The van der Waals surface area contributed by atoms with E-state index < -0.39 is 11.8 Å². The Kier molecular flexibility index (Phi) is 3.28. The van der Waals surface area contributed by atoms with Crippen LogP contribution in [0.25, 0.3) is 10.9 Å². The summed E-state index contributed by atoms with van der Waals surface area (Å²) in [5, 5.41) is 0.940. The van der Waals surface area contributed by atoms with E-state index in [0.29, 0.717) is 18.8 Å². The fourth-order valence-corrected chi connectivity index (χ4v) is 2.49. The molecule has 104 valence electrons. The summed E-state index contributed by atoms with van der Waals surface area (Å²) in [7, 11) is 0. The number of esters is 1. The van der Waals surface area contributed by atoms with Gasteiger partial charge in [-0.15, -0.1) is 0 Å². The first-order chi connectivity index (χ1) is 9.70. The third-order valence-electron chi connectivity index (χ3n) is 3.46. The Balaban J connectivity index is 2.02. The quantitative estimate of drug-likeness (QED) is 0.527. The summed E-state index contributed by atoms with van der Waals surface area (Å²) in [6.07, 6.45) is 0.838. The van der Waals surface area contributed by atoms with Gasteiger partial charge in [-0.2, -0.15) is 0 Å². The van der Waals surface area contributed by atoms with Crippen molar-refractivity contribution in [3.8, 4) is 0 Å². The van der Waals surface area contributed by atoms with Crippen molar-refractivity contribution in [3.05, 3.63) is 35.0 Å². The fraction of sp³-hybridized carbons (Fsp3) is 0.333. The van der Waals surface area contributed by atoms with Crippen molar-refractivity contribution in [3.63, 3.8) is 0 Å². The molecule has 1 aliphatic rings. The normalized spacial score (nSPS) is 14.1. The molecule has 3 rings (SSSR count). The van der Waals surface area contributed by atoms with E-state index >= 15 is 0 Å². The molecule has 5 heteroatoms. The van der Waals surface area contributed by atoms with Gasteiger partial charge in [-0.1, -0.05) is 0 Å². The Labute approximate surface area is 115 Å². The number of carbonyl (C=O) groups is 2. The highest BCUT2D eigenvalue weighted by atomic mass is 16.5. The number of H-pyrrole nitrogens is 1. The molecule has 0 aliphatic carbocycles. The molecular formula is C15H15NO4. The molecule has 0 saturated heterocycles. The second kappa shape index (κ2) is 5.09. The Bertz CT molecular complexity index is 686. The van der Waals surface area contributed by atoms with E-state index in [9.17, 15) is 9.59 Å². The molecule has 0 saturated carbocycles. The highest BCUT2D eigenvalue weighted by Crippen LogP contribution is 2.27. The summed E-state index contributed by atoms with van der Waals surface area (Å²) in [5.41, 5.74) is 3.53. The molecule has 0 radical (unpaired) electrons. The number of fused-ring (bicyclic) bond motifs is 3. The number of hydrogen-bond acceptors (Lipinski definition) is 4. The molecule has 0 unspecified atom stereocenters. The zero-order valence-electron chi connectivity index (χ0n) is 11.2. The minimum atomic E-state index is -0.812. The van der Waals surface area contributed by atoms with Crippen molar-refractivity contribution < 1.29 is 19.1 Å². The Morgan fingerprint density at radius 3 is 3.05 bits per heavy atom. The molecule has 20 heavy (non-hydrogen) atoms. The number of ether oxygens (including phenoxy) is 2. The molecule has 1 aromatic heterocycles. The van der Waals surface area contributed by atoms with Crippen molar-refractivity contribution in [2.24, 2.45) is 0 Å². The van der Waals surface area contributed by atoms with Crippen LogP contribution in [0, 0.1) is 0 Å². The van der Waals surface area contributed by atoms with Gasteiger partial charge in [-0.25, -0.2) is 4.79 Å². The molecule has 2 aromatic rings. The number of benzene rings is 1. The SMILES string of the molecule is CCOC(=O)C(=O)c1ccc2[nH]c3c(c2c1)COCC3. The van der Waals surface area contributed by atoms with Crippen molar-refractivity contribution >= 4 is 22.7 Å². The van der Waals surface area contributed by atoms with E-state index in [2.05, 4.69) is 4.98 Å². The average molecular weight is 273 g/mol. The summed E-state index contributed by atoms with van der Waals surface area (Å²) < 4.78 is 10.2. The van der Waals surface area contributed by atoms with Crippen LogP contribution in [0.5, 0.6) is 0 Å².